The van der Waals surface area contributed by atoms with Crippen molar-refractivity contribution in [3.63, 3.8) is 0 Å². The third kappa shape index (κ3) is 3.30. The second-order valence-corrected chi connectivity index (χ2v) is 12.1. The average molecular weight is 513 g/mol. The highest BCUT2D eigenvalue weighted by molar-refractivity contribution is 5.89. The molecule has 7 rings (SSSR count). The third-order valence-corrected chi connectivity index (χ3v) is 9.74. The van der Waals surface area contributed by atoms with E-state index in [2.05, 4.69) is 123 Å². The number of hydrogen-bond acceptors (Lipinski definition) is 4. The molecule has 0 radical (unpaired) electrons. The standard InChI is InChI=1S/C35H36N4/c1-6-35(5)27-21-20-24(26-17-11-10-14-23(26)2)22-30(27)39-32-31(36-28-18-12-13-19-29(28)37-32)38(33(39)34(35,3)4)25-15-8-7-9-16-25/h6-11,14-17,20-22,33H,1,12-13,18-19H2,2-5H3. The summed E-state index contributed by atoms with van der Waals surface area (Å²) in [5, 5.41) is 0. The molecule has 0 amide bonds. The van der Waals surface area contributed by atoms with Gasteiger partial charge < -0.3 is 9.80 Å². The summed E-state index contributed by atoms with van der Waals surface area (Å²) in [6, 6.07) is 26.4. The highest BCUT2D eigenvalue weighted by Gasteiger charge is 2.59. The number of aryl methyl sites for hydroxylation is 3. The highest BCUT2D eigenvalue weighted by Crippen LogP contribution is 2.62. The largest absolute Gasteiger partial charge is 0.301 e. The van der Waals surface area contributed by atoms with E-state index in [0.29, 0.717) is 0 Å². The summed E-state index contributed by atoms with van der Waals surface area (Å²) in [5.41, 5.74) is 9.24. The molecule has 1 aliphatic carbocycles. The Morgan fingerprint density at radius 2 is 1.46 bits per heavy atom. The number of aromatic nitrogens is 2. The Morgan fingerprint density at radius 1 is 0.821 bits per heavy atom. The van der Waals surface area contributed by atoms with Gasteiger partial charge in [-0.2, -0.15) is 0 Å². The number of fused-ring (bicyclic) bond motifs is 6. The molecule has 2 aliphatic heterocycles. The predicted molar refractivity (Wildman–Crippen MR) is 161 cm³/mol. The molecule has 0 spiro atoms. The summed E-state index contributed by atoms with van der Waals surface area (Å²) >= 11 is 0. The fraction of sp³-hybridized carbons (Fsp3) is 0.314. The fourth-order valence-electron chi connectivity index (χ4n) is 7.11. The van der Waals surface area contributed by atoms with Gasteiger partial charge in [-0.1, -0.05) is 81.4 Å². The van der Waals surface area contributed by atoms with Crippen LogP contribution in [0.3, 0.4) is 0 Å². The summed E-state index contributed by atoms with van der Waals surface area (Å²) < 4.78 is 0. The number of anilines is 4. The maximum Gasteiger partial charge on any atom is 0.178 e. The number of hydrogen-bond donors (Lipinski definition) is 0. The summed E-state index contributed by atoms with van der Waals surface area (Å²) in [6.45, 7) is 13.7. The van der Waals surface area contributed by atoms with Gasteiger partial charge in [0.1, 0.15) is 6.17 Å². The van der Waals surface area contributed by atoms with Gasteiger partial charge in [0.2, 0.25) is 0 Å². The smallest absolute Gasteiger partial charge is 0.178 e. The first kappa shape index (κ1) is 24.1. The minimum Gasteiger partial charge on any atom is -0.301 e. The van der Waals surface area contributed by atoms with Crippen molar-refractivity contribution in [2.45, 2.75) is 65.0 Å². The lowest BCUT2D eigenvalue weighted by Crippen LogP contribution is -2.60. The SMILES string of the molecule is C=CC1(C)c2ccc(-c3ccccc3C)cc2N2c3nc4c(nc3N(c3ccccc3)C2C1(C)C)CCCC4. The zero-order chi connectivity index (χ0) is 26.9. The van der Waals surface area contributed by atoms with Crippen molar-refractivity contribution < 1.29 is 0 Å². The van der Waals surface area contributed by atoms with E-state index in [0.717, 1.165) is 30.2 Å². The van der Waals surface area contributed by atoms with E-state index in [1.54, 1.807) is 0 Å². The fourth-order valence-corrected chi connectivity index (χ4v) is 7.11. The van der Waals surface area contributed by atoms with Gasteiger partial charge in [0.25, 0.3) is 0 Å². The molecule has 0 bridgehead atoms. The minimum atomic E-state index is -0.275. The van der Waals surface area contributed by atoms with Gasteiger partial charge in [0.05, 0.1) is 11.4 Å². The normalized spacial score (nSPS) is 22.5. The van der Waals surface area contributed by atoms with Crippen LogP contribution in [0.2, 0.25) is 0 Å². The quantitative estimate of drug-likeness (QED) is 0.258. The molecule has 4 heteroatoms. The van der Waals surface area contributed by atoms with E-state index in [1.807, 2.05) is 0 Å². The first-order valence-corrected chi connectivity index (χ1v) is 14.2. The van der Waals surface area contributed by atoms with Crippen molar-refractivity contribution in [1.82, 2.24) is 9.97 Å². The monoisotopic (exact) mass is 512 g/mol. The van der Waals surface area contributed by atoms with E-state index in [4.69, 9.17) is 9.97 Å². The molecular formula is C35H36N4. The Morgan fingerprint density at radius 3 is 2.13 bits per heavy atom. The number of allylic oxidation sites excluding steroid dienone is 1. The van der Waals surface area contributed by atoms with Gasteiger partial charge in [0.15, 0.2) is 11.6 Å². The van der Waals surface area contributed by atoms with E-state index in [9.17, 15) is 0 Å². The van der Waals surface area contributed by atoms with Crippen LogP contribution in [0.25, 0.3) is 11.1 Å². The minimum absolute atomic E-state index is 0.0126. The van der Waals surface area contributed by atoms with Crippen LogP contribution in [0.1, 0.15) is 56.1 Å². The third-order valence-electron chi connectivity index (χ3n) is 9.74. The van der Waals surface area contributed by atoms with Gasteiger partial charge in [-0.3, -0.25) is 0 Å². The Kier molecular flexibility index (Phi) is 5.29. The molecule has 0 N–H and O–H groups in total. The molecule has 4 aromatic rings. The summed E-state index contributed by atoms with van der Waals surface area (Å²) in [6.07, 6.45) is 6.52. The van der Waals surface area contributed by atoms with Crippen molar-refractivity contribution in [2.24, 2.45) is 5.41 Å². The average Bonchev–Trinajstić information content (AvgIpc) is 3.30. The molecule has 39 heavy (non-hydrogen) atoms. The van der Waals surface area contributed by atoms with E-state index < -0.39 is 0 Å². The number of nitrogens with zero attached hydrogens (tertiary/aromatic N) is 4. The Hall–Kier alpha value is -3.92. The first-order valence-electron chi connectivity index (χ1n) is 14.2. The molecular weight excluding hydrogens is 476 g/mol. The Balaban J connectivity index is 1.54. The van der Waals surface area contributed by atoms with Crippen molar-refractivity contribution in [3.05, 3.63) is 108 Å². The molecule has 2 unspecified atom stereocenters. The lowest BCUT2D eigenvalue weighted by molar-refractivity contribution is 0.171. The molecule has 3 aromatic carbocycles. The maximum atomic E-state index is 5.41. The lowest BCUT2D eigenvalue weighted by Gasteiger charge is -2.56. The van der Waals surface area contributed by atoms with Crippen LogP contribution in [0.4, 0.5) is 23.0 Å². The van der Waals surface area contributed by atoms with Crippen LogP contribution < -0.4 is 9.80 Å². The molecule has 3 aliphatic rings. The first-order chi connectivity index (χ1) is 18.8. The van der Waals surface area contributed by atoms with Crippen LogP contribution in [0, 0.1) is 12.3 Å². The van der Waals surface area contributed by atoms with Crippen molar-refractivity contribution in [3.8, 4) is 11.1 Å². The summed E-state index contributed by atoms with van der Waals surface area (Å²) in [5.74, 6) is 1.95. The molecule has 1 aromatic heterocycles. The molecule has 0 saturated carbocycles. The second kappa shape index (κ2) is 8.54. The van der Waals surface area contributed by atoms with Gasteiger partial charge in [-0.25, -0.2) is 9.97 Å². The van der Waals surface area contributed by atoms with Crippen LogP contribution in [-0.4, -0.2) is 16.1 Å². The van der Waals surface area contributed by atoms with Gasteiger partial charge >= 0.3 is 0 Å². The van der Waals surface area contributed by atoms with Crippen molar-refractivity contribution in [1.29, 1.82) is 0 Å². The topological polar surface area (TPSA) is 32.3 Å². The van der Waals surface area contributed by atoms with Gasteiger partial charge in [0, 0.05) is 22.2 Å². The van der Waals surface area contributed by atoms with Crippen LogP contribution >= 0.6 is 0 Å². The number of benzene rings is 3. The summed E-state index contributed by atoms with van der Waals surface area (Å²) in [7, 11) is 0. The lowest BCUT2D eigenvalue weighted by atomic mass is 9.58. The van der Waals surface area contributed by atoms with Crippen molar-refractivity contribution in [2.75, 3.05) is 9.80 Å². The van der Waals surface area contributed by atoms with Gasteiger partial charge in [-0.15, -0.1) is 6.58 Å². The predicted octanol–water partition coefficient (Wildman–Crippen LogP) is 8.43. The molecule has 0 saturated heterocycles. The Labute approximate surface area is 232 Å². The zero-order valence-electron chi connectivity index (χ0n) is 23.4. The molecule has 4 nitrogen and oxygen atoms in total. The maximum absolute atomic E-state index is 5.41. The number of rotatable bonds is 3. The van der Waals surface area contributed by atoms with E-state index in [1.165, 1.54) is 52.2 Å². The van der Waals surface area contributed by atoms with Crippen LogP contribution in [0.5, 0.6) is 0 Å². The van der Waals surface area contributed by atoms with E-state index in [-0.39, 0.29) is 17.0 Å². The van der Waals surface area contributed by atoms with E-state index >= 15 is 0 Å². The Bertz CT molecular complexity index is 1600. The second-order valence-electron chi connectivity index (χ2n) is 12.1. The molecule has 196 valence electrons. The molecule has 2 atom stereocenters. The zero-order valence-corrected chi connectivity index (χ0v) is 23.4. The molecule has 3 heterocycles. The van der Waals surface area contributed by atoms with Crippen LogP contribution in [0.15, 0.2) is 85.5 Å². The van der Waals surface area contributed by atoms with Crippen LogP contribution in [-0.2, 0) is 18.3 Å². The van der Waals surface area contributed by atoms with Crippen molar-refractivity contribution >= 4 is 23.0 Å². The summed E-state index contributed by atoms with van der Waals surface area (Å²) in [4.78, 5) is 15.7. The highest BCUT2D eigenvalue weighted by atomic mass is 15.5. The molecule has 0 fully saturated rings. The van der Waals surface area contributed by atoms with Gasteiger partial charge in [-0.05, 0) is 73.1 Å². The number of para-hydroxylation sites is 1.